The van der Waals surface area contributed by atoms with Gasteiger partial charge in [0.05, 0.1) is 46.2 Å². The summed E-state index contributed by atoms with van der Waals surface area (Å²) in [6.07, 6.45) is 0. The Morgan fingerprint density at radius 1 is 1.03 bits per heavy atom. The van der Waals surface area contributed by atoms with Gasteiger partial charge in [0.2, 0.25) is 5.91 Å². The molecule has 37 heavy (non-hydrogen) atoms. The van der Waals surface area contributed by atoms with Gasteiger partial charge in [-0.1, -0.05) is 90.1 Å². The summed E-state index contributed by atoms with van der Waals surface area (Å²) in [6.45, 7) is 1.90. The summed E-state index contributed by atoms with van der Waals surface area (Å²) in [7, 11) is 0. The van der Waals surface area contributed by atoms with Crippen molar-refractivity contribution >= 4 is 46.6 Å². The molecule has 0 radical (unpaired) electrons. The first kappa shape index (κ1) is 26.1. The van der Waals surface area contributed by atoms with E-state index in [1.54, 1.807) is 37.3 Å². The van der Waals surface area contributed by atoms with Crippen molar-refractivity contribution in [1.82, 2.24) is 5.32 Å². The van der Waals surface area contributed by atoms with Crippen LogP contribution in [-0.2, 0) is 14.3 Å². The maximum atomic E-state index is 13.3. The summed E-state index contributed by atoms with van der Waals surface area (Å²) in [5.41, 5.74) is 3.11. The van der Waals surface area contributed by atoms with Crippen LogP contribution in [0.15, 0.2) is 101 Å². The fourth-order valence-electron chi connectivity index (χ4n) is 4.03. The van der Waals surface area contributed by atoms with E-state index < -0.39 is 11.9 Å². The Balaban J connectivity index is 1.79. The lowest BCUT2D eigenvalue weighted by molar-refractivity contribution is -0.138. The molecule has 0 bridgehead atoms. The molecule has 2 N–H and O–H groups in total. The van der Waals surface area contributed by atoms with Crippen LogP contribution >= 0.6 is 23.4 Å². The van der Waals surface area contributed by atoms with Crippen molar-refractivity contribution in [3.8, 4) is 6.07 Å². The third-order valence-electron chi connectivity index (χ3n) is 5.63. The van der Waals surface area contributed by atoms with Crippen LogP contribution in [0.4, 0.5) is 5.69 Å². The largest absolute Gasteiger partial charge is 0.463 e. The number of nitrogens with zero attached hydrogens (tertiary/aromatic N) is 1. The highest BCUT2D eigenvalue weighted by atomic mass is 35.5. The van der Waals surface area contributed by atoms with E-state index in [2.05, 4.69) is 16.7 Å². The summed E-state index contributed by atoms with van der Waals surface area (Å²) in [6, 6.07) is 27.9. The molecule has 3 aromatic carbocycles. The van der Waals surface area contributed by atoms with Crippen LogP contribution in [0.5, 0.6) is 0 Å². The van der Waals surface area contributed by atoms with Gasteiger partial charge in [0.25, 0.3) is 0 Å². The molecule has 1 amide bonds. The van der Waals surface area contributed by atoms with E-state index >= 15 is 0 Å². The van der Waals surface area contributed by atoms with Gasteiger partial charge in [0, 0.05) is 10.7 Å². The highest BCUT2D eigenvalue weighted by molar-refractivity contribution is 8.03. The number of benzene rings is 3. The Bertz CT molecular complexity index is 1400. The number of para-hydroxylation sites is 1. The minimum absolute atomic E-state index is 0.0501. The van der Waals surface area contributed by atoms with Crippen molar-refractivity contribution in [2.24, 2.45) is 0 Å². The number of amides is 1. The number of halogens is 1. The number of carbonyl (C=O) groups excluding carboxylic acids is 2. The fourth-order valence-corrected chi connectivity index (χ4v) is 5.12. The molecule has 0 aliphatic carbocycles. The average Bonchev–Trinajstić information content (AvgIpc) is 2.92. The molecule has 0 aromatic heterocycles. The zero-order chi connectivity index (χ0) is 26.2. The van der Waals surface area contributed by atoms with E-state index in [1.165, 1.54) is 11.8 Å². The highest BCUT2D eigenvalue weighted by Crippen LogP contribution is 2.45. The number of anilines is 1. The Morgan fingerprint density at radius 3 is 2.32 bits per heavy atom. The molecule has 4 rings (SSSR count). The van der Waals surface area contributed by atoms with Gasteiger partial charge in [-0.3, -0.25) is 4.79 Å². The van der Waals surface area contributed by atoms with Crippen molar-refractivity contribution in [1.29, 1.82) is 5.26 Å². The van der Waals surface area contributed by atoms with Crippen LogP contribution in [0.3, 0.4) is 0 Å². The van der Waals surface area contributed by atoms with E-state index in [4.69, 9.17) is 16.3 Å². The highest BCUT2D eigenvalue weighted by Gasteiger charge is 2.38. The molecule has 1 heterocycles. The number of ether oxygens (including phenoxy) is 1. The number of thioether (sulfide) groups is 1. The molecule has 0 saturated carbocycles. The maximum Gasteiger partial charge on any atom is 0.337 e. The van der Waals surface area contributed by atoms with Crippen molar-refractivity contribution in [3.05, 3.63) is 117 Å². The molecular weight excluding hydrogens is 506 g/mol. The number of allylic oxidation sites excluding steroid dienone is 1. The predicted molar refractivity (Wildman–Crippen MR) is 147 cm³/mol. The summed E-state index contributed by atoms with van der Waals surface area (Å²) in [5.74, 6) is -1.50. The van der Waals surface area contributed by atoms with Crippen molar-refractivity contribution < 1.29 is 14.3 Å². The number of nitriles is 1. The molecule has 1 aliphatic heterocycles. The van der Waals surface area contributed by atoms with Crippen LogP contribution in [0.2, 0.25) is 5.02 Å². The summed E-state index contributed by atoms with van der Waals surface area (Å²) in [4.78, 5) is 26.0. The lowest BCUT2D eigenvalue weighted by Crippen LogP contribution is -2.30. The Kier molecular flexibility index (Phi) is 8.68. The first-order valence-electron chi connectivity index (χ1n) is 11.6. The second-order valence-corrected chi connectivity index (χ2v) is 9.40. The number of hydrogen-bond donors (Lipinski definition) is 2. The molecule has 0 saturated heterocycles. The molecule has 1 aliphatic rings. The third kappa shape index (κ3) is 6.05. The monoisotopic (exact) mass is 529 g/mol. The zero-order valence-electron chi connectivity index (χ0n) is 20.0. The van der Waals surface area contributed by atoms with Gasteiger partial charge in [-0.25, -0.2) is 4.79 Å². The first-order chi connectivity index (χ1) is 18.0. The summed E-state index contributed by atoms with van der Waals surface area (Å²) in [5, 5.41) is 17.3. The second kappa shape index (κ2) is 12.3. The minimum Gasteiger partial charge on any atom is -0.463 e. The van der Waals surface area contributed by atoms with Crippen molar-refractivity contribution in [2.45, 2.75) is 12.8 Å². The first-order valence-corrected chi connectivity index (χ1v) is 13.0. The molecule has 6 nitrogen and oxygen atoms in total. The topological polar surface area (TPSA) is 91.2 Å². The van der Waals surface area contributed by atoms with E-state index in [1.807, 2.05) is 54.6 Å². The Labute approximate surface area is 225 Å². The van der Waals surface area contributed by atoms with Gasteiger partial charge >= 0.3 is 5.97 Å². The number of esters is 1. The predicted octanol–water partition coefficient (Wildman–Crippen LogP) is 6.11. The number of rotatable bonds is 8. The molecule has 8 heteroatoms. The normalized spacial score (nSPS) is 15.0. The lowest BCUT2D eigenvalue weighted by atomic mass is 9.81. The third-order valence-corrected chi connectivity index (χ3v) is 6.99. The van der Waals surface area contributed by atoms with Gasteiger partial charge < -0.3 is 15.4 Å². The molecule has 0 spiro atoms. The quantitative estimate of drug-likeness (QED) is 0.342. The molecule has 186 valence electrons. The van der Waals surface area contributed by atoms with Crippen molar-refractivity contribution in [3.63, 3.8) is 0 Å². The number of nitrogens with one attached hydrogen (secondary N) is 2. The van der Waals surface area contributed by atoms with Gasteiger partial charge in [-0.15, -0.1) is 0 Å². The van der Waals surface area contributed by atoms with Crippen LogP contribution in [0, 0.1) is 11.3 Å². The van der Waals surface area contributed by atoms with Gasteiger partial charge in [0.15, 0.2) is 0 Å². The molecule has 0 unspecified atom stereocenters. The van der Waals surface area contributed by atoms with Crippen molar-refractivity contribution in [2.75, 3.05) is 17.7 Å². The van der Waals surface area contributed by atoms with Crippen LogP contribution < -0.4 is 10.6 Å². The van der Waals surface area contributed by atoms with E-state index in [0.717, 1.165) is 5.56 Å². The van der Waals surface area contributed by atoms with Gasteiger partial charge in [-0.05, 0) is 36.2 Å². The SMILES string of the molecule is CCOC(=O)C1=C(c2ccccc2)NC(SCC(=O)Nc2ccccc2)=C(C#N)[C@@H]1c1ccccc1Cl. The number of carbonyl (C=O) groups is 2. The lowest BCUT2D eigenvalue weighted by Gasteiger charge is -2.31. The Morgan fingerprint density at radius 2 is 1.68 bits per heavy atom. The zero-order valence-corrected chi connectivity index (χ0v) is 21.6. The smallest absolute Gasteiger partial charge is 0.337 e. The summed E-state index contributed by atoms with van der Waals surface area (Å²) < 4.78 is 5.43. The Hall–Kier alpha value is -3.99. The van der Waals surface area contributed by atoms with E-state index in [-0.39, 0.29) is 29.4 Å². The standard InChI is InChI=1S/C29H24ClN3O3S/c1-2-36-29(35)26-25(21-15-9-10-16-23(21)30)22(17-31)28(33-27(26)19-11-5-3-6-12-19)37-18-24(34)32-20-13-7-4-8-14-20/h3-16,25,33H,2,18H2,1H3,(H,32,34)/t25-/m0/s1. The maximum absolute atomic E-state index is 13.3. The van der Waals surface area contributed by atoms with Gasteiger partial charge in [-0.2, -0.15) is 5.26 Å². The van der Waals surface area contributed by atoms with E-state index in [9.17, 15) is 14.9 Å². The molecule has 3 aromatic rings. The average molecular weight is 530 g/mol. The van der Waals surface area contributed by atoms with Crippen LogP contribution in [0.25, 0.3) is 5.70 Å². The van der Waals surface area contributed by atoms with Crippen LogP contribution in [-0.4, -0.2) is 24.2 Å². The number of dihydropyridines is 1. The van der Waals surface area contributed by atoms with Crippen LogP contribution in [0.1, 0.15) is 24.0 Å². The molecular formula is C29H24ClN3O3S. The van der Waals surface area contributed by atoms with E-state index in [0.29, 0.717) is 27.0 Å². The number of hydrogen-bond acceptors (Lipinski definition) is 6. The molecule has 0 fully saturated rings. The second-order valence-electron chi connectivity index (χ2n) is 8.01. The fraction of sp³-hybridized carbons (Fsp3) is 0.138. The molecule has 1 atom stereocenters. The van der Waals surface area contributed by atoms with Gasteiger partial charge in [0.1, 0.15) is 0 Å². The minimum atomic E-state index is -0.783. The summed E-state index contributed by atoms with van der Waals surface area (Å²) >= 11 is 7.78.